The number of amides is 2. The molecule has 0 radical (unpaired) electrons. The van der Waals surface area contributed by atoms with Crippen LogP contribution in [0.15, 0.2) is 36.5 Å². The lowest BCUT2D eigenvalue weighted by Gasteiger charge is -2.53. The molecule has 0 bridgehead atoms. The van der Waals surface area contributed by atoms with Crippen LogP contribution in [0.4, 0.5) is 20.6 Å². The van der Waals surface area contributed by atoms with Gasteiger partial charge in [0.1, 0.15) is 22.7 Å². The second-order valence-corrected chi connectivity index (χ2v) is 11.1. The molecule has 0 spiro atoms. The van der Waals surface area contributed by atoms with E-state index in [2.05, 4.69) is 4.98 Å². The molecule has 1 N–H and O–H groups in total. The molecule has 5 rings (SSSR count). The van der Waals surface area contributed by atoms with Crippen molar-refractivity contribution < 1.29 is 23.8 Å². The van der Waals surface area contributed by atoms with E-state index in [1.807, 2.05) is 11.8 Å². The number of fused-ring (bicyclic) bond motifs is 5. The molecule has 2 aliphatic rings. The third-order valence-electron chi connectivity index (χ3n) is 6.91. The van der Waals surface area contributed by atoms with Crippen molar-refractivity contribution in [2.75, 3.05) is 36.5 Å². The highest BCUT2D eigenvalue weighted by Gasteiger charge is 2.52. The minimum Gasteiger partial charge on any atom is -0.507 e. The summed E-state index contributed by atoms with van der Waals surface area (Å²) in [6.45, 7) is 8.10. The van der Waals surface area contributed by atoms with Crippen molar-refractivity contribution in [2.45, 2.75) is 38.8 Å². The second kappa shape index (κ2) is 8.48. The second-order valence-electron chi connectivity index (χ2n) is 10.7. The summed E-state index contributed by atoms with van der Waals surface area (Å²) in [7, 11) is 1.68. The third-order valence-corrected chi connectivity index (χ3v) is 7.22. The van der Waals surface area contributed by atoms with E-state index in [9.17, 15) is 19.1 Å². The van der Waals surface area contributed by atoms with Crippen LogP contribution < -0.4 is 9.80 Å². The van der Waals surface area contributed by atoms with Gasteiger partial charge in [-0.1, -0.05) is 17.7 Å². The Morgan fingerprint density at radius 3 is 2.65 bits per heavy atom. The maximum Gasteiger partial charge on any atom is 0.410 e. The fourth-order valence-electron chi connectivity index (χ4n) is 5.19. The number of piperazine rings is 1. The van der Waals surface area contributed by atoms with E-state index < -0.39 is 23.1 Å². The lowest BCUT2D eigenvalue weighted by molar-refractivity contribution is -0.124. The molecule has 37 heavy (non-hydrogen) atoms. The number of hydrogen-bond acceptors (Lipinski definition) is 6. The summed E-state index contributed by atoms with van der Waals surface area (Å²) in [5.74, 6) is -1.00. The fourth-order valence-corrected chi connectivity index (χ4v) is 5.44. The summed E-state index contributed by atoms with van der Waals surface area (Å²) in [5.41, 5.74) is 0.494. The first kappa shape index (κ1) is 25.1. The molecule has 0 aliphatic carbocycles. The number of aromatic nitrogens is 1. The van der Waals surface area contributed by atoms with Gasteiger partial charge in [0.05, 0.1) is 35.2 Å². The van der Waals surface area contributed by atoms with Crippen LogP contribution >= 0.6 is 11.6 Å². The van der Waals surface area contributed by atoms with Crippen molar-refractivity contribution in [3.63, 3.8) is 0 Å². The SMILES string of the molecule is CN1C(=O)C2(C)CN(C(=O)OC(C)(C)C)CCN2c2c1cnc1cc(-c3c(O)cccc3F)c(Cl)cc21. The van der Waals surface area contributed by atoms with Gasteiger partial charge in [-0.2, -0.15) is 0 Å². The molecule has 10 heteroatoms. The first-order chi connectivity index (χ1) is 17.3. The van der Waals surface area contributed by atoms with E-state index in [0.717, 1.165) is 5.69 Å². The molecule has 2 amide bonds. The van der Waals surface area contributed by atoms with E-state index in [1.54, 1.807) is 55.9 Å². The smallest absolute Gasteiger partial charge is 0.410 e. The number of hydrogen-bond donors (Lipinski definition) is 1. The zero-order chi connectivity index (χ0) is 26.9. The number of ether oxygens (including phenoxy) is 1. The Kier molecular flexibility index (Phi) is 5.75. The average molecular weight is 527 g/mol. The van der Waals surface area contributed by atoms with Crippen LogP contribution in [0, 0.1) is 5.82 Å². The maximum atomic E-state index is 14.6. The van der Waals surface area contributed by atoms with E-state index in [-0.39, 0.29) is 28.8 Å². The molecule has 1 unspecified atom stereocenters. The Labute approximate surface area is 219 Å². The van der Waals surface area contributed by atoms with E-state index in [4.69, 9.17) is 16.3 Å². The van der Waals surface area contributed by atoms with Crippen molar-refractivity contribution in [2.24, 2.45) is 0 Å². The Bertz CT molecular complexity index is 1440. The van der Waals surface area contributed by atoms with Gasteiger partial charge in [0.15, 0.2) is 0 Å². The topological polar surface area (TPSA) is 86.2 Å². The average Bonchev–Trinajstić information content (AvgIpc) is 2.81. The first-order valence-electron chi connectivity index (χ1n) is 12.0. The number of carbonyl (C=O) groups excluding carboxylic acids is 2. The summed E-state index contributed by atoms with van der Waals surface area (Å²) in [4.78, 5) is 36.1. The molecular formula is C27H28ClFN4O4. The minimum absolute atomic E-state index is 0.00275. The normalized spacial score (nSPS) is 19.6. The summed E-state index contributed by atoms with van der Waals surface area (Å²) < 4.78 is 20.2. The monoisotopic (exact) mass is 526 g/mol. The van der Waals surface area contributed by atoms with Gasteiger partial charge in [0.25, 0.3) is 5.91 Å². The molecule has 2 aromatic carbocycles. The van der Waals surface area contributed by atoms with E-state index in [0.29, 0.717) is 35.2 Å². The molecule has 1 fully saturated rings. The zero-order valence-electron chi connectivity index (χ0n) is 21.3. The summed E-state index contributed by atoms with van der Waals surface area (Å²) >= 11 is 6.65. The predicted molar refractivity (Wildman–Crippen MR) is 141 cm³/mol. The molecule has 3 heterocycles. The van der Waals surface area contributed by atoms with Crippen molar-refractivity contribution in [1.29, 1.82) is 0 Å². The summed E-state index contributed by atoms with van der Waals surface area (Å²) in [5, 5.41) is 11.2. The Morgan fingerprint density at radius 1 is 1.24 bits per heavy atom. The third kappa shape index (κ3) is 4.01. The zero-order valence-corrected chi connectivity index (χ0v) is 22.1. The standard InChI is InChI=1S/C27H28ClFN4O4/c1-26(2,3)37-25(36)32-9-10-33-23-16-11-17(28)15(22-18(29)7-6-8-21(22)34)12-19(16)30-13-20(23)31(5)24(35)27(33,4)14-32/h6-8,11-13,34H,9-10,14H2,1-5H3. The van der Waals surface area contributed by atoms with Gasteiger partial charge in [-0.15, -0.1) is 0 Å². The number of rotatable bonds is 1. The number of likely N-dealkylation sites (N-methyl/N-ethyl adjacent to an activating group) is 1. The van der Waals surface area contributed by atoms with Gasteiger partial charge >= 0.3 is 6.09 Å². The van der Waals surface area contributed by atoms with Gasteiger partial charge in [0.2, 0.25) is 0 Å². The van der Waals surface area contributed by atoms with Crippen LogP contribution in [0.1, 0.15) is 27.7 Å². The fraction of sp³-hybridized carbons (Fsp3) is 0.370. The lowest BCUT2D eigenvalue weighted by atomic mass is 9.89. The number of aromatic hydroxyl groups is 1. The highest BCUT2D eigenvalue weighted by Crippen LogP contribution is 2.47. The van der Waals surface area contributed by atoms with Gasteiger partial charge in [-0.3, -0.25) is 9.78 Å². The number of phenols is 1. The molecule has 2 aliphatic heterocycles. The summed E-state index contributed by atoms with van der Waals surface area (Å²) in [6.07, 6.45) is 1.14. The Hall–Kier alpha value is -3.59. The molecule has 1 atom stereocenters. The van der Waals surface area contributed by atoms with Gasteiger partial charge in [-0.25, -0.2) is 9.18 Å². The van der Waals surface area contributed by atoms with Crippen LogP contribution in [0.3, 0.4) is 0 Å². The molecular weight excluding hydrogens is 499 g/mol. The van der Waals surface area contributed by atoms with Crippen molar-refractivity contribution in [3.8, 4) is 16.9 Å². The Balaban J connectivity index is 1.63. The molecule has 1 saturated heterocycles. The van der Waals surface area contributed by atoms with Gasteiger partial charge < -0.3 is 24.5 Å². The van der Waals surface area contributed by atoms with E-state index >= 15 is 0 Å². The lowest BCUT2D eigenvalue weighted by Crippen LogP contribution is -2.70. The van der Waals surface area contributed by atoms with Crippen molar-refractivity contribution in [1.82, 2.24) is 9.88 Å². The number of phenolic OH excluding ortho intramolecular Hbond substituents is 1. The van der Waals surface area contributed by atoms with E-state index in [1.165, 1.54) is 18.2 Å². The summed E-state index contributed by atoms with van der Waals surface area (Å²) in [6, 6.07) is 7.40. The molecule has 8 nitrogen and oxygen atoms in total. The number of halogens is 2. The molecule has 3 aromatic rings. The molecule has 1 aromatic heterocycles. The Morgan fingerprint density at radius 2 is 1.97 bits per heavy atom. The highest BCUT2D eigenvalue weighted by molar-refractivity contribution is 6.34. The predicted octanol–water partition coefficient (Wildman–Crippen LogP) is 5.19. The van der Waals surface area contributed by atoms with Gasteiger partial charge in [0, 0.05) is 36.1 Å². The van der Waals surface area contributed by atoms with Crippen molar-refractivity contribution >= 4 is 45.9 Å². The number of carbonyl (C=O) groups is 2. The molecule has 194 valence electrons. The largest absolute Gasteiger partial charge is 0.507 e. The van der Waals surface area contributed by atoms with Crippen LogP contribution in [0.25, 0.3) is 22.0 Å². The van der Waals surface area contributed by atoms with Crippen LogP contribution in [-0.2, 0) is 9.53 Å². The number of benzene rings is 2. The maximum absolute atomic E-state index is 14.6. The quantitative estimate of drug-likeness (QED) is 0.469. The molecule has 0 saturated carbocycles. The number of nitrogens with zero attached hydrogens (tertiary/aromatic N) is 4. The van der Waals surface area contributed by atoms with Crippen molar-refractivity contribution in [3.05, 3.63) is 47.4 Å². The highest BCUT2D eigenvalue weighted by atomic mass is 35.5. The van der Waals surface area contributed by atoms with Crippen LogP contribution in [0.2, 0.25) is 5.02 Å². The minimum atomic E-state index is -1.06. The first-order valence-corrected chi connectivity index (χ1v) is 12.3. The number of pyridine rings is 1. The number of anilines is 2. The van der Waals surface area contributed by atoms with Crippen LogP contribution in [-0.4, -0.2) is 64.8 Å². The van der Waals surface area contributed by atoms with Gasteiger partial charge in [-0.05, 0) is 52.0 Å². The van der Waals surface area contributed by atoms with Crippen LogP contribution in [0.5, 0.6) is 5.75 Å².